The first-order chi connectivity index (χ1) is 16.3. The Morgan fingerprint density at radius 2 is 1.80 bits per heavy atom. The highest BCUT2D eigenvalue weighted by molar-refractivity contribution is 7.89. The van der Waals surface area contributed by atoms with Gasteiger partial charge in [0.1, 0.15) is 22.6 Å². The van der Waals surface area contributed by atoms with E-state index in [9.17, 15) is 26.3 Å². The molecule has 0 spiro atoms. The molecule has 0 aliphatic carbocycles. The zero-order valence-corrected chi connectivity index (χ0v) is 21.6. The van der Waals surface area contributed by atoms with Crippen LogP contribution in [0.2, 0.25) is 0 Å². The fraction of sp³-hybridized carbons (Fsp3) is 0.417. The van der Waals surface area contributed by atoms with Crippen LogP contribution in [-0.4, -0.2) is 75.7 Å². The second kappa shape index (κ2) is 10.6. The van der Waals surface area contributed by atoms with Gasteiger partial charge in [-0.05, 0) is 49.4 Å². The van der Waals surface area contributed by atoms with Gasteiger partial charge in [0.05, 0.1) is 19.4 Å². The van der Waals surface area contributed by atoms with E-state index < -0.39 is 38.1 Å². The summed E-state index contributed by atoms with van der Waals surface area (Å²) in [5.74, 6) is 5.09. The third-order valence-electron chi connectivity index (χ3n) is 5.87. The summed E-state index contributed by atoms with van der Waals surface area (Å²) in [5, 5.41) is 9.71. The van der Waals surface area contributed by atoms with Gasteiger partial charge >= 0.3 is 0 Å². The van der Waals surface area contributed by atoms with Crippen LogP contribution in [0.15, 0.2) is 47.4 Å². The quantitative estimate of drug-likeness (QED) is 0.599. The van der Waals surface area contributed by atoms with Crippen molar-refractivity contribution in [2.75, 3.05) is 33.0 Å². The number of ether oxygens (including phenoxy) is 1. The van der Waals surface area contributed by atoms with Crippen LogP contribution >= 0.6 is 0 Å². The van der Waals surface area contributed by atoms with Crippen molar-refractivity contribution in [3.63, 3.8) is 0 Å². The summed E-state index contributed by atoms with van der Waals surface area (Å²) in [7, 11) is -6.10. The minimum absolute atomic E-state index is 0.00627. The van der Waals surface area contributed by atoms with Gasteiger partial charge < -0.3 is 9.84 Å². The summed E-state index contributed by atoms with van der Waals surface area (Å²) in [4.78, 5) is -0.0935. The van der Waals surface area contributed by atoms with Gasteiger partial charge in [0.2, 0.25) is 20.0 Å². The maximum absolute atomic E-state index is 13.5. The highest BCUT2D eigenvalue weighted by Crippen LogP contribution is 2.34. The number of rotatable bonds is 5. The van der Waals surface area contributed by atoms with Gasteiger partial charge in [-0.15, -0.1) is 0 Å². The minimum Gasteiger partial charge on any atom is -0.487 e. The van der Waals surface area contributed by atoms with E-state index in [1.807, 2.05) is 0 Å². The Kier molecular flexibility index (Phi) is 8.24. The lowest BCUT2D eigenvalue weighted by Crippen LogP contribution is -2.50. The molecule has 1 aliphatic rings. The van der Waals surface area contributed by atoms with Gasteiger partial charge in [-0.1, -0.05) is 18.8 Å². The summed E-state index contributed by atoms with van der Waals surface area (Å²) in [6.07, 6.45) is 0.417. The molecule has 2 aromatic carbocycles. The summed E-state index contributed by atoms with van der Waals surface area (Å²) in [5.41, 5.74) is 1.05. The van der Waals surface area contributed by atoms with Crippen molar-refractivity contribution in [2.24, 2.45) is 5.92 Å². The Morgan fingerprint density at radius 1 is 1.20 bits per heavy atom. The predicted octanol–water partition coefficient (Wildman–Crippen LogP) is 1.89. The molecule has 0 saturated carbocycles. The third-order valence-corrected chi connectivity index (χ3v) is 9.17. The number of sulfonamides is 2. The Hall–Kier alpha value is -2.49. The number of halogens is 1. The van der Waals surface area contributed by atoms with Crippen LogP contribution in [0.3, 0.4) is 0 Å². The molecule has 35 heavy (non-hydrogen) atoms. The molecule has 11 heteroatoms. The van der Waals surface area contributed by atoms with Crippen LogP contribution in [0.5, 0.6) is 5.75 Å². The van der Waals surface area contributed by atoms with Crippen molar-refractivity contribution >= 4 is 20.0 Å². The standard InChI is InChI=1S/C24H29FN2O6S2/c1-17-14-27(18(2)16-28)35(31,32)24-12-9-20(6-5-19-7-10-21(25)11-8-19)13-22(24)33-23(17)15-26(3)34(4,29)30/h7-13,17-18,23,28H,14-16H2,1-4H3/t17-,18+,23-/m0/s1. The van der Waals surface area contributed by atoms with Crippen molar-refractivity contribution < 1.29 is 31.1 Å². The second-order valence-electron chi connectivity index (χ2n) is 8.70. The number of likely N-dealkylation sites (N-methyl/N-ethyl adjacent to an activating group) is 1. The number of aliphatic hydroxyl groups is 1. The zero-order valence-electron chi connectivity index (χ0n) is 20.0. The van der Waals surface area contributed by atoms with Crippen molar-refractivity contribution in [1.29, 1.82) is 0 Å². The molecule has 190 valence electrons. The lowest BCUT2D eigenvalue weighted by molar-refractivity contribution is 0.0905. The van der Waals surface area contributed by atoms with Gasteiger partial charge in [0.15, 0.2) is 0 Å². The van der Waals surface area contributed by atoms with Gasteiger partial charge in [-0.2, -0.15) is 4.31 Å². The average Bonchev–Trinajstić information content (AvgIpc) is 2.79. The number of hydrogen-bond acceptors (Lipinski definition) is 6. The molecule has 0 aromatic heterocycles. The highest BCUT2D eigenvalue weighted by atomic mass is 32.2. The second-order valence-corrected chi connectivity index (χ2v) is 12.7. The number of benzene rings is 2. The molecular weight excluding hydrogens is 495 g/mol. The smallest absolute Gasteiger partial charge is 0.247 e. The van der Waals surface area contributed by atoms with E-state index in [1.165, 1.54) is 47.8 Å². The molecule has 1 aliphatic heterocycles. The largest absolute Gasteiger partial charge is 0.487 e. The molecular formula is C24H29FN2O6S2. The van der Waals surface area contributed by atoms with E-state index >= 15 is 0 Å². The van der Waals surface area contributed by atoms with E-state index in [0.29, 0.717) is 11.1 Å². The molecule has 2 aromatic rings. The topological polar surface area (TPSA) is 104 Å². The zero-order chi connectivity index (χ0) is 26.0. The third kappa shape index (κ3) is 6.39. The molecule has 0 amide bonds. The van der Waals surface area contributed by atoms with E-state index in [2.05, 4.69) is 11.8 Å². The molecule has 3 rings (SSSR count). The lowest BCUT2D eigenvalue weighted by atomic mass is 10.0. The van der Waals surface area contributed by atoms with E-state index in [-0.39, 0.29) is 36.2 Å². The van der Waals surface area contributed by atoms with Gasteiger partial charge in [-0.25, -0.2) is 25.5 Å². The lowest BCUT2D eigenvalue weighted by Gasteiger charge is -2.37. The van der Waals surface area contributed by atoms with Crippen LogP contribution in [0, 0.1) is 23.6 Å². The van der Waals surface area contributed by atoms with Gasteiger partial charge in [0.25, 0.3) is 0 Å². The minimum atomic E-state index is -4.03. The summed E-state index contributed by atoms with van der Waals surface area (Å²) in [6, 6.07) is 9.39. The maximum Gasteiger partial charge on any atom is 0.247 e. The molecule has 1 N–H and O–H groups in total. The van der Waals surface area contributed by atoms with Crippen molar-refractivity contribution in [1.82, 2.24) is 8.61 Å². The Balaban J connectivity index is 2.08. The first-order valence-electron chi connectivity index (χ1n) is 10.9. The molecule has 1 heterocycles. The van der Waals surface area contributed by atoms with Crippen LogP contribution in [0.4, 0.5) is 4.39 Å². The van der Waals surface area contributed by atoms with Crippen molar-refractivity contribution in [3.05, 3.63) is 59.4 Å². The van der Waals surface area contributed by atoms with Gasteiger partial charge in [-0.3, -0.25) is 0 Å². The first-order valence-corrected chi connectivity index (χ1v) is 14.2. The SMILES string of the molecule is C[C@H](CO)N1C[C@H](C)[C@H](CN(C)S(C)(=O)=O)Oc2cc(C#Cc3ccc(F)cc3)ccc2S1(=O)=O. The first kappa shape index (κ1) is 27.1. The fourth-order valence-corrected chi connectivity index (χ4v) is 5.83. The molecule has 3 atom stereocenters. The van der Waals surface area contributed by atoms with Gasteiger partial charge in [0, 0.05) is 36.7 Å². The monoisotopic (exact) mass is 524 g/mol. The predicted molar refractivity (Wildman–Crippen MR) is 130 cm³/mol. The Morgan fingerprint density at radius 3 is 2.40 bits per heavy atom. The van der Waals surface area contributed by atoms with Crippen LogP contribution in [0.25, 0.3) is 0 Å². The Bertz CT molecular complexity index is 1330. The van der Waals surface area contributed by atoms with Crippen molar-refractivity contribution in [3.8, 4) is 17.6 Å². The molecule has 0 fully saturated rings. The van der Waals surface area contributed by atoms with Crippen LogP contribution < -0.4 is 4.74 Å². The van der Waals surface area contributed by atoms with E-state index in [4.69, 9.17) is 4.74 Å². The van der Waals surface area contributed by atoms with E-state index in [1.54, 1.807) is 19.9 Å². The highest BCUT2D eigenvalue weighted by Gasteiger charge is 2.38. The summed E-state index contributed by atoms with van der Waals surface area (Å²) >= 11 is 0. The van der Waals surface area contributed by atoms with Crippen LogP contribution in [-0.2, 0) is 20.0 Å². The molecule has 0 bridgehead atoms. The summed E-state index contributed by atoms with van der Waals surface area (Å²) in [6.45, 7) is 3.05. The average molecular weight is 525 g/mol. The number of hydrogen-bond donors (Lipinski definition) is 1. The summed E-state index contributed by atoms with van der Waals surface area (Å²) < 4.78 is 72.7. The molecule has 0 radical (unpaired) electrons. The fourth-order valence-electron chi connectivity index (χ4n) is 3.59. The molecule has 0 unspecified atom stereocenters. The number of fused-ring (bicyclic) bond motifs is 1. The Labute approximate surface area is 206 Å². The molecule has 0 saturated heterocycles. The van der Waals surface area contributed by atoms with E-state index in [0.717, 1.165) is 10.6 Å². The number of aliphatic hydroxyl groups excluding tert-OH is 1. The number of nitrogens with zero attached hydrogens (tertiary/aromatic N) is 2. The normalized spacial score (nSPS) is 21.1. The van der Waals surface area contributed by atoms with Crippen LogP contribution in [0.1, 0.15) is 25.0 Å². The maximum atomic E-state index is 13.5. The molecule has 8 nitrogen and oxygen atoms in total. The van der Waals surface area contributed by atoms with Crippen molar-refractivity contribution in [2.45, 2.75) is 30.9 Å².